The molecule has 1 unspecified atom stereocenters. The zero-order valence-electron chi connectivity index (χ0n) is 12.2. The first-order valence-electron chi connectivity index (χ1n) is 6.72. The second-order valence-electron chi connectivity index (χ2n) is 4.97. The van der Waals surface area contributed by atoms with Gasteiger partial charge in [0.15, 0.2) is 0 Å². The molecule has 0 bridgehead atoms. The van der Waals surface area contributed by atoms with Gasteiger partial charge in [-0.05, 0) is 30.5 Å². The molecule has 0 saturated carbocycles. The van der Waals surface area contributed by atoms with Crippen molar-refractivity contribution < 1.29 is 32.3 Å². The van der Waals surface area contributed by atoms with Gasteiger partial charge >= 0.3 is 18.0 Å². The molecule has 0 aliphatic heterocycles. The lowest BCUT2D eigenvalue weighted by molar-refractivity contribution is -0.140. The van der Waals surface area contributed by atoms with Gasteiger partial charge in [-0.15, -0.1) is 0 Å². The number of benzene rings is 1. The van der Waals surface area contributed by atoms with Gasteiger partial charge in [0.2, 0.25) is 0 Å². The van der Waals surface area contributed by atoms with Gasteiger partial charge in [-0.1, -0.05) is 6.92 Å². The van der Waals surface area contributed by atoms with Crippen molar-refractivity contribution in [2.24, 2.45) is 5.92 Å². The summed E-state index contributed by atoms with van der Waals surface area (Å²) in [4.78, 5) is 23.1. The van der Waals surface area contributed by atoms with Crippen LogP contribution in [-0.2, 0) is 15.8 Å². The maximum absolute atomic E-state index is 13.1. The van der Waals surface area contributed by atoms with Gasteiger partial charge in [-0.25, -0.2) is 4.39 Å². The summed E-state index contributed by atoms with van der Waals surface area (Å²) < 4.78 is 50.8. The van der Waals surface area contributed by atoms with E-state index >= 15 is 0 Å². The number of anilines is 1. The molecular weight excluding hydrogens is 320 g/mol. The monoisotopic (exact) mass is 336 g/mol. The van der Waals surface area contributed by atoms with Crippen LogP contribution in [0.3, 0.4) is 0 Å². The summed E-state index contributed by atoms with van der Waals surface area (Å²) in [6.07, 6.45) is -4.48. The summed E-state index contributed by atoms with van der Waals surface area (Å²) >= 11 is 0. The normalized spacial score (nSPS) is 12.6. The van der Waals surface area contributed by atoms with Crippen molar-refractivity contribution in [2.45, 2.75) is 19.5 Å². The summed E-state index contributed by atoms with van der Waals surface area (Å²) in [5, 5.41) is 13.0. The van der Waals surface area contributed by atoms with Crippen LogP contribution in [0.25, 0.3) is 0 Å². The number of carbonyl (C=O) groups excluding carboxylic acids is 2. The van der Waals surface area contributed by atoms with E-state index in [1.54, 1.807) is 6.92 Å². The van der Waals surface area contributed by atoms with Gasteiger partial charge in [0.05, 0.1) is 5.56 Å². The highest BCUT2D eigenvalue weighted by atomic mass is 19.4. The highest BCUT2D eigenvalue weighted by Crippen LogP contribution is 2.32. The molecule has 0 aliphatic rings. The maximum Gasteiger partial charge on any atom is 0.419 e. The number of halogens is 4. The number of aliphatic hydroxyl groups excluding tert-OH is 1. The van der Waals surface area contributed by atoms with E-state index in [1.165, 1.54) is 0 Å². The lowest BCUT2D eigenvalue weighted by Crippen LogP contribution is -2.37. The molecule has 2 amide bonds. The fraction of sp³-hybridized carbons (Fsp3) is 0.429. The SMILES string of the molecule is CC(CCO)CNC(=O)C(=O)Nc1ccc(F)c(C(F)(F)F)c1. The van der Waals surface area contributed by atoms with Crippen molar-refractivity contribution in [3.8, 4) is 0 Å². The minimum atomic E-state index is -4.91. The molecule has 1 aromatic carbocycles. The quantitative estimate of drug-likeness (QED) is 0.568. The van der Waals surface area contributed by atoms with Crippen LogP contribution >= 0.6 is 0 Å². The molecule has 0 spiro atoms. The van der Waals surface area contributed by atoms with E-state index in [1.807, 2.05) is 5.32 Å². The number of nitrogens with one attached hydrogen (secondary N) is 2. The van der Waals surface area contributed by atoms with Crippen LogP contribution in [0.15, 0.2) is 18.2 Å². The van der Waals surface area contributed by atoms with E-state index < -0.39 is 29.4 Å². The van der Waals surface area contributed by atoms with Gasteiger partial charge < -0.3 is 15.7 Å². The number of aliphatic hydroxyl groups is 1. The smallest absolute Gasteiger partial charge is 0.396 e. The molecule has 0 heterocycles. The van der Waals surface area contributed by atoms with Crippen LogP contribution < -0.4 is 10.6 Å². The third-order valence-corrected chi connectivity index (χ3v) is 2.97. The Bertz CT molecular complexity index is 576. The molecule has 1 aromatic rings. The number of hydrogen-bond donors (Lipinski definition) is 3. The molecule has 0 fully saturated rings. The Kier molecular flexibility index (Phi) is 6.49. The fourth-order valence-electron chi connectivity index (χ4n) is 1.68. The van der Waals surface area contributed by atoms with Gasteiger partial charge in [-0.3, -0.25) is 9.59 Å². The average molecular weight is 336 g/mol. The van der Waals surface area contributed by atoms with Crippen molar-refractivity contribution in [3.63, 3.8) is 0 Å². The molecule has 128 valence electrons. The molecule has 3 N–H and O–H groups in total. The molecule has 1 rings (SSSR count). The second kappa shape index (κ2) is 7.91. The molecule has 0 aromatic heterocycles. The first-order valence-corrected chi connectivity index (χ1v) is 6.72. The standard InChI is InChI=1S/C14H16F4N2O3/c1-8(4-5-21)7-19-12(22)13(23)20-9-2-3-11(15)10(6-9)14(16,17)18/h2-3,6,8,21H,4-5,7H2,1H3,(H,19,22)(H,20,23). The molecular formula is C14H16F4N2O3. The molecule has 1 atom stereocenters. The largest absolute Gasteiger partial charge is 0.419 e. The second-order valence-corrected chi connectivity index (χ2v) is 4.97. The number of rotatable bonds is 5. The molecule has 0 aliphatic carbocycles. The summed E-state index contributed by atoms with van der Waals surface area (Å²) in [6.45, 7) is 1.80. The molecule has 0 saturated heterocycles. The van der Waals surface area contributed by atoms with Gasteiger partial charge in [-0.2, -0.15) is 13.2 Å². The molecule has 5 nitrogen and oxygen atoms in total. The lowest BCUT2D eigenvalue weighted by atomic mass is 10.1. The van der Waals surface area contributed by atoms with Crippen molar-refractivity contribution in [1.29, 1.82) is 0 Å². The van der Waals surface area contributed by atoms with Crippen molar-refractivity contribution >= 4 is 17.5 Å². The number of alkyl halides is 3. The Morgan fingerprint density at radius 1 is 1.26 bits per heavy atom. The summed E-state index contributed by atoms with van der Waals surface area (Å²) in [7, 11) is 0. The minimum absolute atomic E-state index is 0.0700. The molecule has 23 heavy (non-hydrogen) atoms. The first kappa shape index (κ1) is 18.9. The summed E-state index contributed by atoms with van der Waals surface area (Å²) in [5.41, 5.74) is -1.88. The average Bonchev–Trinajstić information content (AvgIpc) is 2.45. The Balaban J connectivity index is 2.69. The van der Waals surface area contributed by atoms with Crippen LogP contribution in [0.1, 0.15) is 18.9 Å². The Morgan fingerprint density at radius 2 is 1.91 bits per heavy atom. The van der Waals surface area contributed by atoms with Crippen molar-refractivity contribution in [1.82, 2.24) is 5.32 Å². The van der Waals surface area contributed by atoms with E-state index in [2.05, 4.69) is 5.32 Å². The van der Waals surface area contributed by atoms with Gasteiger partial charge in [0, 0.05) is 18.8 Å². The Labute approximate surface area is 129 Å². The summed E-state index contributed by atoms with van der Waals surface area (Å²) in [5.74, 6) is -3.74. The lowest BCUT2D eigenvalue weighted by Gasteiger charge is -2.12. The van der Waals surface area contributed by atoms with Crippen molar-refractivity contribution in [2.75, 3.05) is 18.5 Å². The van der Waals surface area contributed by atoms with E-state index in [-0.39, 0.29) is 24.8 Å². The van der Waals surface area contributed by atoms with Gasteiger partial charge in [0.25, 0.3) is 0 Å². The minimum Gasteiger partial charge on any atom is -0.396 e. The van der Waals surface area contributed by atoms with Crippen LogP contribution in [0, 0.1) is 11.7 Å². The molecule has 0 radical (unpaired) electrons. The number of amides is 2. The van der Waals surface area contributed by atoms with Crippen LogP contribution in [-0.4, -0.2) is 30.1 Å². The predicted molar refractivity (Wildman–Crippen MR) is 73.9 cm³/mol. The van der Waals surface area contributed by atoms with Crippen LogP contribution in [0.2, 0.25) is 0 Å². The van der Waals surface area contributed by atoms with Crippen LogP contribution in [0.4, 0.5) is 23.2 Å². The van der Waals surface area contributed by atoms with E-state index in [0.29, 0.717) is 18.6 Å². The van der Waals surface area contributed by atoms with Crippen molar-refractivity contribution in [3.05, 3.63) is 29.6 Å². The third kappa shape index (κ3) is 5.85. The van der Waals surface area contributed by atoms with E-state index in [9.17, 15) is 27.2 Å². The summed E-state index contributed by atoms with van der Waals surface area (Å²) in [6, 6.07) is 1.89. The van der Waals surface area contributed by atoms with E-state index in [4.69, 9.17) is 5.11 Å². The van der Waals surface area contributed by atoms with Gasteiger partial charge in [0.1, 0.15) is 5.82 Å². The first-order chi connectivity index (χ1) is 10.6. The highest BCUT2D eigenvalue weighted by molar-refractivity contribution is 6.39. The van der Waals surface area contributed by atoms with E-state index in [0.717, 1.165) is 6.07 Å². The molecule has 9 heteroatoms. The zero-order valence-corrected chi connectivity index (χ0v) is 12.2. The maximum atomic E-state index is 13.1. The highest BCUT2D eigenvalue weighted by Gasteiger charge is 2.34. The van der Waals surface area contributed by atoms with Crippen LogP contribution in [0.5, 0.6) is 0 Å². The predicted octanol–water partition coefficient (Wildman–Crippen LogP) is 1.92. The zero-order chi connectivity index (χ0) is 17.6. The number of hydrogen-bond acceptors (Lipinski definition) is 3. The number of carbonyl (C=O) groups is 2. The topological polar surface area (TPSA) is 78.4 Å². The third-order valence-electron chi connectivity index (χ3n) is 2.97. The Morgan fingerprint density at radius 3 is 2.48 bits per heavy atom. The Hall–Kier alpha value is -2.16. The fourth-order valence-corrected chi connectivity index (χ4v) is 1.68.